The van der Waals surface area contributed by atoms with Gasteiger partial charge in [-0.25, -0.2) is 0 Å². The molecule has 2 unspecified atom stereocenters. The van der Waals surface area contributed by atoms with Crippen LogP contribution in [0.25, 0.3) is 0 Å². The number of hydrogen-bond acceptors (Lipinski definition) is 5. The molecule has 2 heterocycles. The van der Waals surface area contributed by atoms with Gasteiger partial charge in [0.05, 0.1) is 6.04 Å². The van der Waals surface area contributed by atoms with Crippen LogP contribution >= 0.6 is 0 Å². The second kappa shape index (κ2) is 3.90. The van der Waals surface area contributed by atoms with Crippen molar-refractivity contribution in [1.29, 1.82) is 0 Å². The molecule has 0 saturated carbocycles. The fraction of sp³-hybridized carbons (Fsp3) is 0.800. The summed E-state index contributed by atoms with van der Waals surface area (Å²) in [4.78, 5) is 4.31. The third-order valence-electron chi connectivity index (χ3n) is 2.89. The summed E-state index contributed by atoms with van der Waals surface area (Å²) in [6.45, 7) is 4.74. The molecule has 0 bridgehead atoms. The van der Waals surface area contributed by atoms with Crippen molar-refractivity contribution in [1.82, 2.24) is 10.1 Å². The number of ether oxygens (including phenoxy) is 1. The van der Waals surface area contributed by atoms with Crippen molar-refractivity contribution in [2.75, 3.05) is 6.61 Å². The highest BCUT2D eigenvalue weighted by atomic mass is 16.5. The van der Waals surface area contributed by atoms with Gasteiger partial charge in [-0.15, -0.1) is 0 Å². The van der Waals surface area contributed by atoms with Crippen LogP contribution < -0.4 is 5.73 Å². The van der Waals surface area contributed by atoms with Gasteiger partial charge in [0, 0.05) is 6.61 Å². The van der Waals surface area contributed by atoms with E-state index in [0.29, 0.717) is 11.7 Å². The Morgan fingerprint density at radius 2 is 2.40 bits per heavy atom. The van der Waals surface area contributed by atoms with Crippen molar-refractivity contribution in [2.24, 2.45) is 5.73 Å². The zero-order valence-corrected chi connectivity index (χ0v) is 9.19. The fourth-order valence-electron chi connectivity index (χ4n) is 1.73. The summed E-state index contributed by atoms with van der Waals surface area (Å²) < 4.78 is 10.8. The maximum Gasteiger partial charge on any atom is 0.243 e. The third-order valence-corrected chi connectivity index (χ3v) is 2.89. The van der Waals surface area contributed by atoms with E-state index in [0.717, 1.165) is 25.9 Å². The maximum atomic E-state index is 5.81. The van der Waals surface area contributed by atoms with Crippen LogP contribution in [0.4, 0.5) is 0 Å². The highest BCUT2D eigenvalue weighted by molar-refractivity contribution is 5.02. The van der Waals surface area contributed by atoms with E-state index < -0.39 is 0 Å². The van der Waals surface area contributed by atoms with Crippen LogP contribution in [0.3, 0.4) is 0 Å². The molecule has 1 aliphatic heterocycles. The van der Waals surface area contributed by atoms with Crippen molar-refractivity contribution in [3.8, 4) is 0 Å². The molecule has 0 aliphatic carbocycles. The minimum Gasteiger partial charge on any atom is -0.367 e. The molecular formula is C10H17N3O2. The van der Waals surface area contributed by atoms with Gasteiger partial charge < -0.3 is 15.0 Å². The summed E-state index contributed by atoms with van der Waals surface area (Å²) in [5.74, 6) is 1.13. The average Bonchev–Trinajstić information content (AvgIpc) is 2.85. The minimum atomic E-state index is -0.380. The van der Waals surface area contributed by atoms with Crippen LogP contribution in [0.15, 0.2) is 4.52 Å². The molecule has 1 aromatic heterocycles. The van der Waals surface area contributed by atoms with Gasteiger partial charge in [-0.3, -0.25) is 0 Å². The summed E-state index contributed by atoms with van der Waals surface area (Å²) >= 11 is 0. The highest BCUT2D eigenvalue weighted by Gasteiger charge is 2.36. The molecule has 0 aromatic carbocycles. The smallest absolute Gasteiger partial charge is 0.243 e. The van der Waals surface area contributed by atoms with Crippen LogP contribution in [0, 0.1) is 0 Å². The van der Waals surface area contributed by atoms with E-state index in [1.165, 1.54) is 0 Å². The van der Waals surface area contributed by atoms with Gasteiger partial charge in [0.2, 0.25) is 11.7 Å². The van der Waals surface area contributed by atoms with Gasteiger partial charge in [-0.1, -0.05) is 12.1 Å². The van der Waals surface area contributed by atoms with Crippen molar-refractivity contribution < 1.29 is 9.26 Å². The predicted octanol–water partition coefficient (Wildman–Crippen LogP) is 1.50. The van der Waals surface area contributed by atoms with Crippen molar-refractivity contribution in [2.45, 2.75) is 44.8 Å². The topological polar surface area (TPSA) is 74.2 Å². The second-order valence-electron chi connectivity index (χ2n) is 4.15. The first kappa shape index (κ1) is 10.6. The number of hydrogen-bond donors (Lipinski definition) is 1. The zero-order valence-electron chi connectivity index (χ0n) is 9.19. The lowest BCUT2D eigenvalue weighted by molar-refractivity contribution is 0.00768. The lowest BCUT2D eigenvalue weighted by Gasteiger charge is -2.17. The standard InChI is InChI=1S/C10H17N3O2/c1-3-7(11)8-12-9(13-15-8)10(2)5-4-6-14-10/h7H,3-6,11H2,1-2H3. The quantitative estimate of drug-likeness (QED) is 0.820. The molecule has 0 spiro atoms. The number of nitrogens with two attached hydrogens (primary N) is 1. The Morgan fingerprint density at radius 3 is 3.00 bits per heavy atom. The Labute approximate surface area is 89.0 Å². The largest absolute Gasteiger partial charge is 0.367 e. The van der Waals surface area contributed by atoms with E-state index in [9.17, 15) is 0 Å². The second-order valence-corrected chi connectivity index (χ2v) is 4.15. The molecule has 2 N–H and O–H groups in total. The van der Waals surface area contributed by atoms with Gasteiger partial charge in [-0.05, 0) is 26.2 Å². The van der Waals surface area contributed by atoms with Crippen LogP contribution in [0.1, 0.15) is 50.9 Å². The lowest BCUT2D eigenvalue weighted by atomic mass is 10.0. The maximum absolute atomic E-state index is 5.81. The molecule has 1 aliphatic rings. The van der Waals surface area contributed by atoms with Gasteiger partial charge in [0.25, 0.3) is 0 Å². The lowest BCUT2D eigenvalue weighted by Crippen LogP contribution is -2.22. The average molecular weight is 211 g/mol. The van der Waals surface area contributed by atoms with Crippen molar-refractivity contribution in [3.63, 3.8) is 0 Å². The number of aromatic nitrogens is 2. The molecule has 2 atom stereocenters. The first-order valence-electron chi connectivity index (χ1n) is 5.39. The van der Waals surface area contributed by atoms with Gasteiger partial charge in [0.15, 0.2) is 0 Å². The van der Waals surface area contributed by atoms with Gasteiger partial charge in [-0.2, -0.15) is 4.98 Å². The number of nitrogens with zero attached hydrogens (tertiary/aromatic N) is 2. The summed E-state index contributed by atoms with van der Waals surface area (Å²) in [6.07, 6.45) is 2.77. The normalized spacial score (nSPS) is 28.2. The van der Waals surface area contributed by atoms with Crippen molar-refractivity contribution >= 4 is 0 Å². The summed E-state index contributed by atoms with van der Waals surface area (Å²) in [5, 5.41) is 3.95. The van der Waals surface area contributed by atoms with Gasteiger partial charge >= 0.3 is 0 Å². The molecule has 1 aromatic rings. The third kappa shape index (κ3) is 1.89. The number of rotatable bonds is 3. The molecule has 84 valence electrons. The monoisotopic (exact) mass is 211 g/mol. The minimum absolute atomic E-state index is 0.170. The van der Waals surface area contributed by atoms with E-state index in [4.69, 9.17) is 15.0 Å². The molecule has 5 heteroatoms. The Balaban J connectivity index is 2.19. The van der Waals surface area contributed by atoms with E-state index in [2.05, 4.69) is 10.1 Å². The zero-order chi connectivity index (χ0) is 10.9. The summed E-state index contributed by atoms with van der Waals surface area (Å²) in [7, 11) is 0. The molecule has 15 heavy (non-hydrogen) atoms. The summed E-state index contributed by atoms with van der Waals surface area (Å²) in [6, 6.07) is -0.170. The first-order valence-corrected chi connectivity index (χ1v) is 5.39. The molecule has 0 amide bonds. The van der Waals surface area contributed by atoms with E-state index in [1.807, 2.05) is 13.8 Å². The molecule has 1 saturated heterocycles. The predicted molar refractivity (Wildman–Crippen MR) is 54.1 cm³/mol. The molecule has 2 rings (SSSR count). The molecule has 5 nitrogen and oxygen atoms in total. The fourth-order valence-corrected chi connectivity index (χ4v) is 1.73. The first-order chi connectivity index (χ1) is 7.15. The highest BCUT2D eigenvalue weighted by Crippen LogP contribution is 2.33. The van der Waals surface area contributed by atoms with Crippen LogP contribution in [0.2, 0.25) is 0 Å². The van der Waals surface area contributed by atoms with Gasteiger partial charge in [0.1, 0.15) is 5.60 Å². The van der Waals surface area contributed by atoms with Crippen LogP contribution in [0.5, 0.6) is 0 Å². The van der Waals surface area contributed by atoms with Crippen molar-refractivity contribution in [3.05, 3.63) is 11.7 Å². The molecule has 1 fully saturated rings. The van der Waals surface area contributed by atoms with E-state index in [-0.39, 0.29) is 11.6 Å². The van der Waals surface area contributed by atoms with Crippen LogP contribution in [-0.2, 0) is 10.3 Å². The SMILES string of the molecule is CCC(N)c1nc(C2(C)CCCO2)no1. The van der Waals surface area contributed by atoms with E-state index in [1.54, 1.807) is 0 Å². The molecular weight excluding hydrogens is 194 g/mol. The Hall–Kier alpha value is -0.940. The van der Waals surface area contributed by atoms with Crippen LogP contribution in [-0.4, -0.2) is 16.7 Å². The Kier molecular flexibility index (Phi) is 2.75. The Bertz CT molecular complexity index is 331. The Morgan fingerprint density at radius 1 is 1.60 bits per heavy atom. The summed E-state index contributed by atoms with van der Waals surface area (Å²) in [5.41, 5.74) is 5.43. The van der Waals surface area contributed by atoms with E-state index >= 15 is 0 Å². The molecule has 0 radical (unpaired) electrons.